The SMILES string of the molecule is CN1CC(NC(=O)N[C@@H](CCC(N)=O)C(=O)O)CCC1=O. The summed E-state index contributed by atoms with van der Waals surface area (Å²) in [6, 6.07) is -2.04. The van der Waals surface area contributed by atoms with Gasteiger partial charge in [-0.15, -0.1) is 0 Å². The Hall–Kier alpha value is -2.32. The summed E-state index contributed by atoms with van der Waals surface area (Å²) in [5.41, 5.74) is 4.95. The van der Waals surface area contributed by atoms with E-state index >= 15 is 0 Å². The number of nitrogens with zero attached hydrogens (tertiary/aromatic N) is 1. The first-order valence-corrected chi connectivity index (χ1v) is 6.61. The molecule has 0 spiro atoms. The highest BCUT2D eigenvalue weighted by Crippen LogP contribution is 2.09. The highest BCUT2D eigenvalue weighted by atomic mass is 16.4. The van der Waals surface area contributed by atoms with E-state index in [1.165, 1.54) is 4.90 Å². The molecule has 1 aliphatic rings. The first-order valence-electron chi connectivity index (χ1n) is 6.61. The molecule has 2 atom stereocenters. The normalized spacial score (nSPS) is 19.8. The van der Waals surface area contributed by atoms with Gasteiger partial charge in [-0.2, -0.15) is 0 Å². The Bertz CT molecular complexity index is 439. The van der Waals surface area contributed by atoms with E-state index in [4.69, 9.17) is 10.8 Å². The van der Waals surface area contributed by atoms with Crippen molar-refractivity contribution < 1.29 is 24.3 Å². The lowest BCUT2D eigenvalue weighted by Gasteiger charge is -2.30. The van der Waals surface area contributed by atoms with Crippen LogP contribution in [0.25, 0.3) is 0 Å². The molecule has 1 aliphatic heterocycles. The molecule has 0 bridgehead atoms. The summed E-state index contributed by atoms with van der Waals surface area (Å²) >= 11 is 0. The largest absolute Gasteiger partial charge is 0.480 e. The Kier molecular flexibility index (Phi) is 5.94. The number of carbonyl (C=O) groups is 4. The van der Waals surface area contributed by atoms with E-state index in [1.54, 1.807) is 7.05 Å². The average Bonchev–Trinajstić information content (AvgIpc) is 2.38. The van der Waals surface area contributed by atoms with Gasteiger partial charge in [0.15, 0.2) is 0 Å². The Morgan fingerprint density at radius 1 is 1.48 bits per heavy atom. The van der Waals surface area contributed by atoms with E-state index in [9.17, 15) is 19.2 Å². The molecule has 0 aromatic carbocycles. The van der Waals surface area contributed by atoms with Gasteiger partial charge in [-0.25, -0.2) is 9.59 Å². The van der Waals surface area contributed by atoms with Crippen LogP contribution in [0.5, 0.6) is 0 Å². The van der Waals surface area contributed by atoms with Gasteiger partial charge in [-0.3, -0.25) is 9.59 Å². The van der Waals surface area contributed by atoms with E-state index in [1.807, 2.05) is 0 Å². The predicted molar refractivity (Wildman–Crippen MR) is 72.2 cm³/mol. The monoisotopic (exact) mass is 300 g/mol. The summed E-state index contributed by atoms with van der Waals surface area (Å²) < 4.78 is 0. The molecule has 1 saturated heterocycles. The Morgan fingerprint density at radius 3 is 2.67 bits per heavy atom. The van der Waals surface area contributed by atoms with Crippen molar-refractivity contribution >= 4 is 23.8 Å². The maximum Gasteiger partial charge on any atom is 0.326 e. The van der Waals surface area contributed by atoms with Gasteiger partial charge in [-0.05, 0) is 12.8 Å². The van der Waals surface area contributed by atoms with Crippen LogP contribution >= 0.6 is 0 Å². The minimum Gasteiger partial charge on any atom is -0.480 e. The summed E-state index contributed by atoms with van der Waals surface area (Å²) in [4.78, 5) is 46.2. The van der Waals surface area contributed by atoms with Crippen LogP contribution < -0.4 is 16.4 Å². The molecule has 9 nitrogen and oxygen atoms in total. The predicted octanol–water partition coefficient (Wildman–Crippen LogP) is -1.37. The number of rotatable bonds is 6. The van der Waals surface area contributed by atoms with E-state index < -0.39 is 23.9 Å². The van der Waals surface area contributed by atoms with Gasteiger partial charge in [0.05, 0.1) is 0 Å². The molecule has 0 saturated carbocycles. The molecule has 0 aliphatic carbocycles. The average molecular weight is 300 g/mol. The fourth-order valence-electron chi connectivity index (χ4n) is 2.06. The minimum atomic E-state index is -1.23. The smallest absolute Gasteiger partial charge is 0.326 e. The molecule has 21 heavy (non-hydrogen) atoms. The fraction of sp³-hybridized carbons (Fsp3) is 0.667. The number of primary amides is 1. The Labute approximate surface area is 121 Å². The van der Waals surface area contributed by atoms with E-state index in [2.05, 4.69) is 10.6 Å². The second-order valence-electron chi connectivity index (χ2n) is 5.02. The van der Waals surface area contributed by atoms with Crippen LogP contribution in [0.1, 0.15) is 25.7 Å². The summed E-state index contributed by atoms with van der Waals surface area (Å²) in [6.45, 7) is 0.380. The number of nitrogens with two attached hydrogens (primary N) is 1. The van der Waals surface area contributed by atoms with Crippen molar-refractivity contribution in [2.75, 3.05) is 13.6 Å². The van der Waals surface area contributed by atoms with Crippen molar-refractivity contribution in [3.63, 3.8) is 0 Å². The van der Waals surface area contributed by atoms with Gasteiger partial charge in [0.25, 0.3) is 0 Å². The third kappa shape index (κ3) is 5.67. The number of urea groups is 1. The van der Waals surface area contributed by atoms with Crippen LogP contribution in [0.3, 0.4) is 0 Å². The molecule has 1 unspecified atom stereocenters. The van der Waals surface area contributed by atoms with Crippen LogP contribution in [0.4, 0.5) is 4.79 Å². The zero-order valence-corrected chi connectivity index (χ0v) is 11.8. The van der Waals surface area contributed by atoms with Gasteiger partial charge < -0.3 is 26.4 Å². The van der Waals surface area contributed by atoms with Gasteiger partial charge in [0.1, 0.15) is 6.04 Å². The second kappa shape index (κ2) is 7.46. The van der Waals surface area contributed by atoms with Crippen molar-refractivity contribution in [1.29, 1.82) is 0 Å². The first kappa shape index (κ1) is 16.7. The van der Waals surface area contributed by atoms with Crippen molar-refractivity contribution in [1.82, 2.24) is 15.5 Å². The second-order valence-corrected chi connectivity index (χ2v) is 5.02. The fourth-order valence-corrected chi connectivity index (χ4v) is 2.06. The first-order chi connectivity index (χ1) is 9.79. The van der Waals surface area contributed by atoms with Crippen molar-refractivity contribution in [3.8, 4) is 0 Å². The molecule has 5 N–H and O–H groups in total. The lowest BCUT2D eigenvalue weighted by molar-refractivity contribution is -0.139. The number of aliphatic carboxylic acids is 1. The molecule has 0 aromatic heterocycles. The Morgan fingerprint density at radius 2 is 2.14 bits per heavy atom. The number of hydrogen-bond acceptors (Lipinski definition) is 4. The number of carboxylic acids is 1. The van der Waals surface area contributed by atoms with Crippen molar-refractivity contribution in [3.05, 3.63) is 0 Å². The molecule has 9 heteroatoms. The molecule has 0 radical (unpaired) electrons. The van der Waals surface area contributed by atoms with Gasteiger partial charge in [0, 0.05) is 32.5 Å². The number of piperidine rings is 1. The van der Waals surface area contributed by atoms with E-state index in [0.29, 0.717) is 19.4 Å². The zero-order valence-electron chi connectivity index (χ0n) is 11.8. The van der Waals surface area contributed by atoms with Crippen LogP contribution in [0, 0.1) is 0 Å². The van der Waals surface area contributed by atoms with E-state index in [-0.39, 0.29) is 24.8 Å². The number of nitrogens with one attached hydrogen (secondary N) is 2. The molecular formula is C12H20N4O5. The van der Waals surface area contributed by atoms with Crippen LogP contribution in [0.15, 0.2) is 0 Å². The van der Waals surface area contributed by atoms with Gasteiger partial charge in [0.2, 0.25) is 11.8 Å². The molecule has 1 fully saturated rings. The van der Waals surface area contributed by atoms with E-state index in [0.717, 1.165) is 0 Å². The van der Waals surface area contributed by atoms with Crippen molar-refractivity contribution in [2.24, 2.45) is 5.73 Å². The molecule has 118 valence electrons. The lowest BCUT2D eigenvalue weighted by Crippen LogP contribution is -2.53. The van der Waals surface area contributed by atoms with Crippen LogP contribution in [-0.4, -0.2) is 59.5 Å². The van der Waals surface area contributed by atoms with Gasteiger partial charge in [-0.1, -0.05) is 0 Å². The standard InChI is InChI=1S/C12H20N4O5/c1-16-6-7(2-5-10(16)18)14-12(21)15-8(11(19)20)3-4-9(13)17/h7-8H,2-6H2,1H3,(H2,13,17)(H,19,20)(H2,14,15,21)/t7?,8-/m0/s1. The highest BCUT2D eigenvalue weighted by molar-refractivity contribution is 5.84. The lowest BCUT2D eigenvalue weighted by atomic mass is 10.1. The topological polar surface area (TPSA) is 142 Å². The third-order valence-electron chi connectivity index (χ3n) is 3.24. The molecule has 1 rings (SSSR count). The summed E-state index contributed by atoms with van der Waals surface area (Å²) in [5.74, 6) is -1.85. The molecule has 4 amide bonds. The van der Waals surface area contributed by atoms with Gasteiger partial charge >= 0.3 is 12.0 Å². The highest BCUT2D eigenvalue weighted by Gasteiger charge is 2.26. The summed E-state index contributed by atoms with van der Waals surface area (Å²) in [7, 11) is 1.64. The maximum atomic E-state index is 11.8. The number of amides is 4. The quantitative estimate of drug-likeness (QED) is 0.478. The van der Waals surface area contributed by atoms with Crippen LogP contribution in [0.2, 0.25) is 0 Å². The Balaban J connectivity index is 2.44. The number of carboxylic acid groups (broad SMARTS) is 1. The number of carbonyl (C=O) groups excluding carboxylic acids is 3. The molecular weight excluding hydrogens is 280 g/mol. The number of hydrogen-bond donors (Lipinski definition) is 4. The minimum absolute atomic E-state index is 0.0123. The number of likely N-dealkylation sites (N-methyl/N-ethyl adjacent to an activating group) is 1. The molecule has 1 heterocycles. The van der Waals surface area contributed by atoms with Crippen molar-refractivity contribution in [2.45, 2.75) is 37.8 Å². The summed E-state index contributed by atoms with van der Waals surface area (Å²) in [5, 5.41) is 13.9. The third-order valence-corrected chi connectivity index (χ3v) is 3.24. The van der Waals surface area contributed by atoms with Crippen LogP contribution in [-0.2, 0) is 14.4 Å². The zero-order chi connectivity index (χ0) is 16.0. The summed E-state index contributed by atoms with van der Waals surface area (Å²) in [6.07, 6.45) is 0.653. The maximum absolute atomic E-state index is 11.8. The molecule has 0 aromatic rings. The number of likely N-dealkylation sites (tertiary alicyclic amines) is 1.